The number of aromatic carboxylic acids is 1. The smallest absolute Gasteiger partial charge is 0.336 e. The Morgan fingerprint density at radius 3 is 2.90 bits per heavy atom. The second kappa shape index (κ2) is 6.04. The normalized spacial score (nSPS) is 10.7. The summed E-state index contributed by atoms with van der Waals surface area (Å²) in [5.74, 6) is 4.05. The summed E-state index contributed by atoms with van der Waals surface area (Å²) in [5.41, 5.74) is 5.79. The minimum Gasteiger partial charge on any atom is -0.478 e. The highest BCUT2D eigenvalue weighted by molar-refractivity contribution is 7.80. The molecule has 7 nitrogen and oxygen atoms in total. The van der Waals surface area contributed by atoms with Gasteiger partial charge in [0.15, 0.2) is 0 Å². The summed E-state index contributed by atoms with van der Waals surface area (Å²) in [6.45, 7) is 0. The van der Waals surface area contributed by atoms with Crippen LogP contribution < -0.4 is 16.7 Å². The fourth-order valence-electron chi connectivity index (χ4n) is 1.63. The van der Waals surface area contributed by atoms with Crippen LogP contribution in [0.15, 0.2) is 35.4 Å². The van der Waals surface area contributed by atoms with Crippen LogP contribution >= 0.6 is 12.2 Å². The maximum absolute atomic E-state index is 11.3. The molecule has 5 N–H and O–H groups in total. The summed E-state index contributed by atoms with van der Waals surface area (Å²) < 4.78 is 0. The van der Waals surface area contributed by atoms with E-state index in [1.54, 1.807) is 24.3 Å². The van der Waals surface area contributed by atoms with Gasteiger partial charge in [0.1, 0.15) is 0 Å². The van der Waals surface area contributed by atoms with Gasteiger partial charge >= 0.3 is 5.97 Å². The molecule has 0 saturated carbocycles. The number of carbonyl (C=O) groups is 1. The molecule has 0 unspecified atom stereocenters. The number of hydrogen-bond donors (Lipinski definition) is 4. The molecular weight excluding hydrogens is 278 g/mol. The van der Waals surface area contributed by atoms with E-state index in [0.29, 0.717) is 16.6 Å². The third-order valence-corrected chi connectivity index (χ3v) is 2.67. The van der Waals surface area contributed by atoms with Crippen molar-refractivity contribution in [3.05, 3.63) is 41.6 Å². The first-order valence-electron chi connectivity index (χ1n) is 5.54. The van der Waals surface area contributed by atoms with E-state index < -0.39 is 5.97 Å². The van der Waals surface area contributed by atoms with E-state index in [1.807, 2.05) is 0 Å². The van der Waals surface area contributed by atoms with Crippen LogP contribution in [0.4, 0.5) is 0 Å². The lowest BCUT2D eigenvalue weighted by atomic mass is 10.1. The van der Waals surface area contributed by atoms with Crippen molar-refractivity contribution < 1.29 is 9.90 Å². The number of benzene rings is 1. The molecule has 102 valence electrons. The van der Waals surface area contributed by atoms with Crippen LogP contribution in [0, 0.1) is 0 Å². The molecular formula is C12H11N5O2S. The molecule has 0 aliphatic rings. The zero-order chi connectivity index (χ0) is 14.5. The van der Waals surface area contributed by atoms with Crippen molar-refractivity contribution in [1.29, 1.82) is 0 Å². The summed E-state index contributed by atoms with van der Waals surface area (Å²) in [5, 5.41) is 13.7. The van der Waals surface area contributed by atoms with E-state index in [9.17, 15) is 9.90 Å². The van der Waals surface area contributed by atoms with Crippen LogP contribution in [0.5, 0.6) is 0 Å². The molecule has 0 radical (unpaired) electrons. The minimum absolute atomic E-state index is 0.139. The Bertz CT molecular complexity index is 701. The summed E-state index contributed by atoms with van der Waals surface area (Å²) in [4.78, 5) is 15.6. The lowest BCUT2D eigenvalue weighted by molar-refractivity contribution is 0.0699. The third kappa shape index (κ3) is 3.05. The molecule has 20 heavy (non-hydrogen) atoms. The maximum atomic E-state index is 11.3. The van der Waals surface area contributed by atoms with Crippen molar-refractivity contribution >= 4 is 40.4 Å². The van der Waals surface area contributed by atoms with Crippen molar-refractivity contribution in [2.24, 2.45) is 10.9 Å². The number of hydrogen-bond acceptors (Lipinski definition) is 5. The largest absolute Gasteiger partial charge is 0.478 e. The molecule has 0 fully saturated rings. The number of carboxylic acids is 1. The Morgan fingerprint density at radius 2 is 2.20 bits per heavy atom. The van der Waals surface area contributed by atoms with Gasteiger partial charge in [-0.15, -0.1) is 0 Å². The van der Waals surface area contributed by atoms with Gasteiger partial charge in [0, 0.05) is 5.39 Å². The second-order valence-corrected chi connectivity index (χ2v) is 4.17. The van der Waals surface area contributed by atoms with Gasteiger partial charge in [0.2, 0.25) is 5.11 Å². The Balaban J connectivity index is 2.40. The number of nitrogens with two attached hydrogens (primary N) is 1. The molecule has 1 heterocycles. The topological polar surface area (TPSA) is 113 Å². The summed E-state index contributed by atoms with van der Waals surface area (Å²) >= 11 is 4.74. The Labute approximate surface area is 119 Å². The van der Waals surface area contributed by atoms with Crippen LogP contribution in [-0.4, -0.2) is 27.4 Å². The van der Waals surface area contributed by atoms with Crippen molar-refractivity contribution in [3.8, 4) is 0 Å². The molecule has 0 bridgehead atoms. The molecule has 0 amide bonds. The van der Waals surface area contributed by atoms with Gasteiger partial charge < -0.3 is 5.11 Å². The standard InChI is InChI=1S/C12H11N5O2S/c13-16-12(20)17-14-6-7-5-9(11(18)19)8-3-1-2-4-10(8)15-7/h1-6H,13H2,(H,18,19)(H2,16,17,20)/b14-6+. The molecule has 0 spiro atoms. The zero-order valence-electron chi connectivity index (χ0n) is 10.2. The number of nitrogens with zero attached hydrogens (tertiary/aromatic N) is 2. The number of rotatable bonds is 3. The molecule has 1 aromatic carbocycles. The molecule has 0 aliphatic carbocycles. The van der Waals surface area contributed by atoms with Crippen molar-refractivity contribution in [3.63, 3.8) is 0 Å². The second-order valence-electron chi connectivity index (χ2n) is 3.76. The number of aromatic nitrogens is 1. The lowest BCUT2D eigenvalue weighted by Crippen LogP contribution is -2.37. The van der Waals surface area contributed by atoms with Crippen molar-refractivity contribution in [1.82, 2.24) is 15.8 Å². The number of fused-ring (bicyclic) bond motifs is 1. The minimum atomic E-state index is -1.02. The number of nitrogens with one attached hydrogen (secondary N) is 2. The van der Waals surface area contributed by atoms with Crippen LogP contribution in [0.25, 0.3) is 10.9 Å². The van der Waals surface area contributed by atoms with Gasteiger partial charge in [-0.3, -0.25) is 10.9 Å². The molecule has 0 saturated heterocycles. The predicted octanol–water partition coefficient (Wildman–Crippen LogP) is 0.605. The van der Waals surface area contributed by atoms with Crippen LogP contribution in [0.3, 0.4) is 0 Å². The third-order valence-electron chi connectivity index (χ3n) is 2.46. The highest BCUT2D eigenvalue weighted by Crippen LogP contribution is 2.17. The number of para-hydroxylation sites is 1. The molecule has 8 heteroatoms. The SMILES string of the molecule is NNC(=S)N/N=C/c1cc(C(=O)O)c2ccccc2n1. The fourth-order valence-corrected chi connectivity index (χ4v) is 1.68. The van der Waals surface area contributed by atoms with Gasteiger partial charge in [0.25, 0.3) is 0 Å². The van der Waals surface area contributed by atoms with E-state index in [4.69, 9.17) is 18.1 Å². The Hall–Kier alpha value is -2.58. The zero-order valence-corrected chi connectivity index (χ0v) is 11.0. The van der Waals surface area contributed by atoms with Gasteiger partial charge in [0.05, 0.1) is 23.0 Å². The van der Waals surface area contributed by atoms with Crippen LogP contribution in [0.1, 0.15) is 16.1 Å². The number of hydrazine groups is 1. The molecule has 1 aromatic heterocycles. The van der Waals surface area contributed by atoms with E-state index in [0.717, 1.165) is 0 Å². The monoisotopic (exact) mass is 289 g/mol. The average molecular weight is 289 g/mol. The fraction of sp³-hybridized carbons (Fsp3) is 0. The first-order valence-corrected chi connectivity index (χ1v) is 5.95. The van der Waals surface area contributed by atoms with Gasteiger partial charge in [-0.1, -0.05) is 18.2 Å². The first kappa shape index (κ1) is 13.8. The highest BCUT2D eigenvalue weighted by Gasteiger charge is 2.10. The summed E-state index contributed by atoms with van der Waals surface area (Å²) in [6, 6.07) is 8.43. The van der Waals surface area contributed by atoms with E-state index in [-0.39, 0.29) is 10.7 Å². The molecule has 0 atom stereocenters. The molecule has 2 aromatic rings. The number of pyridine rings is 1. The van der Waals surface area contributed by atoms with Crippen molar-refractivity contribution in [2.45, 2.75) is 0 Å². The average Bonchev–Trinajstić information content (AvgIpc) is 2.46. The van der Waals surface area contributed by atoms with Gasteiger partial charge in [-0.2, -0.15) is 5.10 Å². The summed E-state index contributed by atoms with van der Waals surface area (Å²) in [6.07, 6.45) is 1.36. The Kier molecular flexibility index (Phi) is 4.18. The Morgan fingerprint density at radius 1 is 1.45 bits per heavy atom. The van der Waals surface area contributed by atoms with Gasteiger partial charge in [-0.05, 0) is 24.4 Å². The summed E-state index contributed by atoms with van der Waals surface area (Å²) in [7, 11) is 0. The van der Waals surface area contributed by atoms with E-state index >= 15 is 0 Å². The quantitative estimate of drug-likeness (QED) is 0.283. The van der Waals surface area contributed by atoms with Crippen LogP contribution in [0.2, 0.25) is 0 Å². The molecule has 0 aliphatic heterocycles. The number of carboxylic acid groups (broad SMARTS) is 1. The van der Waals surface area contributed by atoms with Gasteiger partial charge in [-0.25, -0.2) is 15.6 Å². The first-order chi connectivity index (χ1) is 9.61. The highest BCUT2D eigenvalue weighted by atomic mass is 32.1. The lowest BCUT2D eigenvalue weighted by Gasteiger charge is -2.04. The number of thiocarbonyl (C=S) groups is 1. The van der Waals surface area contributed by atoms with Crippen LogP contribution in [-0.2, 0) is 0 Å². The van der Waals surface area contributed by atoms with E-state index in [1.165, 1.54) is 12.3 Å². The van der Waals surface area contributed by atoms with Crippen molar-refractivity contribution in [2.75, 3.05) is 0 Å². The predicted molar refractivity (Wildman–Crippen MR) is 79.4 cm³/mol. The maximum Gasteiger partial charge on any atom is 0.336 e. The molecule has 2 rings (SSSR count). The van der Waals surface area contributed by atoms with E-state index in [2.05, 4.69) is 20.9 Å². The number of hydrazone groups is 1.